The highest BCUT2D eigenvalue weighted by atomic mass is 79.9. The van der Waals surface area contributed by atoms with Gasteiger partial charge >= 0.3 is 0 Å². The molecular formula is C12H19BrN2O. The van der Waals surface area contributed by atoms with Crippen LogP contribution in [0.3, 0.4) is 0 Å². The minimum absolute atomic E-state index is 0.201. The Kier molecular flexibility index (Phi) is 6.64. The summed E-state index contributed by atoms with van der Waals surface area (Å²) in [5, 5.41) is 12.1. The quantitative estimate of drug-likeness (QED) is 0.670. The van der Waals surface area contributed by atoms with E-state index in [4.69, 9.17) is 10.8 Å². The normalized spacial score (nSPS) is 12.7. The Morgan fingerprint density at radius 1 is 1.25 bits per heavy atom. The van der Waals surface area contributed by atoms with Crippen molar-refractivity contribution in [1.82, 2.24) is 5.32 Å². The zero-order chi connectivity index (χ0) is 11.8. The Hall–Kier alpha value is -0.420. The Labute approximate surface area is 105 Å². The average molecular weight is 287 g/mol. The molecule has 0 heterocycles. The minimum Gasteiger partial charge on any atom is -0.396 e. The van der Waals surface area contributed by atoms with Gasteiger partial charge in [0, 0.05) is 23.7 Å². The van der Waals surface area contributed by atoms with Crippen LogP contribution in [0.4, 0.5) is 0 Å². The monoisotopic (exact) mass is 286 g/mol. The third-order valence-corrected chi connectivity index (χ3v) is 3.01. The van der Waals surface area contributed by atoms with Gasteiger partial charge in [0.05, 0.1) is 0 Å². The third kappa shape index (κ3) is 4.61. The number of benzene rings is 1. The van der Waals surface area contributed by atoms with Gasteiger partial charge < -0.3 is 16.2 Å². The van der Waals surface area contributed by atoms with Gasteiger partial charge in [-0.1, -0.05) is 28.1 Å². The van der Waals surface area contributed by atoms with E-state index < -0.39 is 0 Å². The van der Waals surface area contributed by atoms with Gasteiger partial charge in [-0.15, -0.1) is 0 Å². The lowest BCUT2D eigenvalue weighted by atomic mass is 10.1. The molecule has 1 rings (SSSR count). The van der Waals surface area contributed by atoms with Crippen molar-refractivity contribution >= 4 is 15.9 Å². The maximum atomic E-state index is 8.68. The maximum Gasteiger partial charge on any atom is 0.0444 e. The highest BCUT2D eigenvalue weighted by Crippen LogP contribution is 2.16. The molecule has 0 aliphatic heterocycles. The van der Waals surface area contributed by atoms with Crippen LogP contribution in [-0.2, 0) is 0 Å². The molecule has 4 N–H and O–H groups in total. The Morgan fingerprint density at radius 2 is 1.94 bits per heavy atom. The molecule has 4 heteroatoms. The van der Waals surface area contributed by atoms with E-state index in [1.807, 2.05) is 12.1 Å². The second kappa shape index (κ2) is 7.79. The summed E-state index contributed by atoms with van der Waals surface area (Å²) >= 11 is 3.41. The summed E-state index contributed by atoms with van der Waals surface area (Å²) in [4.78, 5) is 0. The standard InChI is InChI=1S/C12H19BrN2O/c13-11-5-3-10(4-6-11)12(9-14)15-7-1-2-8-16/h3-6,12,15-16H,1-2,7-9,14H2. The van der Waals surface area contributed by atoms with Crippen molar-refractivity contribution < 1.29 is 5.11 Å². The number of nitrogens with one attached hydrogen (secondary N) is 1. The molecule has 16 heavy (non-hydrogen) atoms. The van der Waals surface area contributed by atoms with Gasteiger partial charge in [0.1, 0.15) is 0 Å². The number of halogens is 1. The molecule has 0 aliphatic carbocycles. The van der Waals surface area contributed by atoms with Crippen LogP contribution in [0, 0.1) is 0 Å². The van der Waals surface area contributed by atoms with Crippen molar-refractivity contribution in [3.63, 3.8) is 0 Å². The summed E-state index contributed by atoms with van der Waals surface area (Å²) < 4.78 is 1.08. The summed E-state index contributed by atoms with van der Waals surface area (Å²) in [6, 6.07) is 8.38. The van der Waals surface area contributed by atoms with Gasteiger partial charge in [-0.2, -0.15) is 0 Å². The lowest BCUT2D eigenvalue weighted by Crippen LogP contribution is -2.29. The molecule has 0 radical (unpaired) electrons. The van der Waals surface area contributed by atoms with E-state index in [0.717, 1.165) is 23.9 Å². The Morgan fingerprint density at radius 3 is 2.50 bits per heavy atom. The topological polar surface area (TPSA) is 58.3 Å². The number of nitrogens with two attached hydrogens (primary N) is 1. The summed E-state index contributed by atoms with van der Waals surface area (Å²) in [5.41, 5.74) is 6.94. The molecule has 0 saturated heterocycles. The summed E-state index contributed by atoms with van der Waals surface area (Å²) in [6.07, 6.45) is 1.81. The van der Waals surface area contributed by atoms with Gasteiger partial charge in [0.2, 0.25) is 0 Å². The Bertz CT molecular complexity index is 290. The summed E-state index contributed by atoms with van der Waals surface area (Å²) in [6.45, 7) is 1.73. The number of rotatable bonds is 7. The molecule has 1 aromatic carbocycles. The SMILES string of the molecule is NCC(NCCCCO)c1ccc(Br)cc1. The van der Waals surface area contributed by atoms with Crippen molar-refractivity contribution in [2.45, 2.75) is 18.9 Å². The van der Waals surface area contributed by atoms with Crippen molar-refractivity contribution in [3.05, 3.63) is 34.3 Å². The molecule has 1 atom stereocenters. The van der Waals surface area contributed by atoms with Gasteiger partial charge in [-0.25, -0.2) is 0 Å². The Balaban J connectivity index is 2.44. The largest absolute Gasteiger partial charge is 0.396 e. The molecule has 1 unspecified atom stereocenters. The first-order valence-corrected chi connectivity index (χ1v) is 6.37. The van der Waals surface area contributed by atoms with Crippen LogP contribution >= 0.6 is 15.9 Å². The molecule has 1 aromatic rings. The first-order valence-electron chi connectivity index (χ1n) is 5.57. The molecule has 0 aliphatic rings. The van der Waals surface area contributed by atoms with E-state index in [2.05, 4.69) is 33.4 Å². The lowest BCUT2D eigenvalue weighted by Gasteiger charge is -2.17. The highest BCUT2D eigenvalue weighted by molar-refractivity contribution is 9.10. The number of hydrogen-bond donors (Lipinski definition) is 3. The second-order valence-corrected chi connectivity index (χ2v) is 4.64. The number of hydrogen-bond acceptors (Lipinski definition) is 3. The molecule has 0 spiro atoms. The van der Waals surface area contributed by atoms with Gasteiger partial charge in [0.25, 0.3) is 0 Å². The molecule has 0 bridgehead atoms. The van der Waals surface area contributed by atoms with Crippen LogP contribution in [0.5, 0.6) is 0 Å². The van der Waals surface area contributed by atoms with Crippen molar-refractivity contribution in [2.75, 3.05) is 19.7 Å². The molecule has 0 aromatic heterocycles. The molecule has 0 fully saturated rings. The zero-order valence-electron chi connectivity index (χ0n) is 9.32. The molecule has 0 amide bonds. The van der Waals surface area contributed by atoms with Crippen LogP contribution in [0.1, 0.15) is 24.4 Å². The first-order chi connectivity index (χ1) is 7.77. The van der Waals surface area contributed by atoms with Crippen LogP contribution in [0.2, 0.25) is 0 Å². The third-order valence-electron chi connectivity index (χ3n) is 2.48. The maximum absolute atomic E-state index is 8.68. The van der Waals surface area contributed by atoms with Gasteiger partial charge in [0.15, 0.2) is 0 Å². The van der Waals surface area contributed by atoms with E-state index >= 15 is 0 Å². The van der Waals surface area contributed by atoms with E-state index in [1.54, 1.807) is 0 Å². The fourth-order valence-electron chi connectivity index (χ4n) is 1.55. The van der Waals surface area contributed by atoms with Crippen LogP contribution in [0.25, 0.3) is 0 Å². The summed E-state index contributed by atoms with van der Waals surface area (Å²) in [5.74, 6) is 0. The zero-order valence-corrected chi connectivity index (χ0v) is 10.9. The lowest BCUT2D eigenvalue weighted by molar-refractivity contribution is 0.282. The van der Waals surface area contributed by atoms with Crippen molar-refractivity contribution in [3.8, 4) is 0 Å². The van der Waals surface area contributed by atoms with E-state index in [1.165, 1.54) is 5.56 Å². The molecule has 90 valence electrons. The highest BCUT2D eigenvalue weighted by Gasteiger charge is 2.07. The van der Waals surface area contributed by atoms with Gasteiger partial charge in [-0.3, -0.25) is 0 Å². The van der Waals surface area contributed by atoms with E-state index in [0.29, 0.717) is 6.54 Å². The predicted molar refractivity (Wildman–Crippen MR) is 70.3 cm³/mol. The first kappa shape index (κ1) is 13.6. The van der Waals surface area contributed by atoms with Crippen LogP contribution in [0.15, 0.2) is 28.7 Å². The fourth-order valence-corrected chi connectivity index (χ4v) is 1.81. The van der Waals surface area contributed by atoms with Crippen LogP contribution < -0.4 is 11.1 Å². The predicted octanol–water partition coefficient (Wildman–Crippen LogP) is 1.81. The number of aliphatic hydroxyl groups is 1. The smallest absolute Gasteiger partial charge is 0.0444 e. The summed E-state index contributed by atoms with van der Waals surface area (Å²) in [7, 11) is 0. The fraction of sp³-hybridized carbons (Fsp3) is 0.500. The molecule has 3 nitrogen and oxygen atoms in total. The second-order valence-electron chi connectivity index (χ2n) is 3.72. The van der Waals surface area contributed by atoms with Gasteiger partial charge in [-0.05, 0) is 37.1 Å². The minimum atomic E-state index is 0.201. The van der Waals surface area contributed by atoms with E-state index in [9.17, 15) is 0 Å². The molecule has 0 saturated carbocycles. The average Bonchev–Trinajstić information content (AvgIpc) is 2.31. The molecular weight excluding hydrogens is 268 g/mol. The number of unbranched alkanes of at least 4 members (excludes halogenated alkanes) is 1. The van der Waals surface area contributed by atoms with Crippen molar-refractivity contribution in [1.29, 1.82) is 0 Å². The van der Waals surface area contributed by atoms with Crippen molar-refractivity contribution in [2.24, 2.45) is 5.73 Å². The van der Waals surface area contributed by atoms with E-state index in [-0.39, 0.29) is 12.6 Å². The van der Waals surface area contributed by atoms with Crippen LogP contribution in [-0.4, -0.2) is 24.8 Å². The number of aliphatic hydroxyl groups excluding tert-OH is 1.